The van der Waals surface area contributed by atoms with E-state index >= 15 is 0 Å². The number of rotatable bonds is 3. The Hall–Kier alpha value is -0.420. The molecule has 0 radical (unpaired) electrons. The number of nitrogens with one attached hydrogen (secondary N) is 1. The van der Waals surface area contributed by atoms with Gasteiger partial charge in [-0.15, -0.1) is 11.8 Å². The summed E-state index contributed by atoms with van der Waals surface area (Å²) in [5.74, 6) is 4.89. The van der Waals surface area contributed by atoms with Crippen molar-refractivity contribution in [3.63, 3.8) is 0 Å². The summed E-state index contributed by atoms with van der Waals surface area (Å²) < 4.78 is 0. The maximum absolute atomic E-state index is 10.8. The number of hydrogen-bond acceptors (Lipinski definition) is 3. The minimum absolute atomic E-state index is 0.219. The Morgan fingerprint density at radius 2 is 2.21 bits per heavy atom. The second kappa shape index (κ2) is 5.46. The minimum atomic E-state index is -0.258. The fraction of sp³-hybridized carbons (Fsp3) is 0.125. The lowest BCUT2D eigenvalue weighted by Crippen LogP contribution is -2.31. The van der Waals surface area contributed by atoms with Gasteiger partial charge in [-0.25, -0.2) is 5.84 Å². The lowest BCUT2D eigenvalue weighted by Gasteiger charge is -2.04. The van der Waals surface area contributed by atoms with Crippen molar-refractivity contribution in [1.82, 2.24) is 5.43 Å². The van der Waals surface area contributed by atoms with Crippen LogP contribution in [-0.4, -0.2) is 11.7 Å². The van der Waals surface area contributed by atoms with Gasteiger partial charge in [-0.05, 0) is 12.1 Å². The van der Waals surface area contributed by atoms with E-state index in [1.54, 1.807) is 18.2 Å². The maximum Gasteiger partial charge on any atom is 0.244 e. The van der Waals surface area contributed by atoms with Gasteiger partial charge in [0.1, 0.15) is 0 Å². The SMILES string of the molecule is NNC(=O)CSc1cccc(Cl)c1Cl. The lowest BCUT2D eigenvalue weighted by atomic mass is 10.4. The van der Waals surface area contributed by atoms with Crippen molar-refractivity contribution in [2.75, 3.05) is 5.75 Å². The number of nitrogens with two attached hydrogens (primary N) is 1. The van der Waals surface area contributed by atoms with E-state index in [2.05, 4.69) is 0 Å². The number of thioether (sulfide) groups is 1. The van der Waals surface area contributed by atoms with Crippen LogP contribution < -0.4 is 11.3 Å². The maximum atomic E-state index is 10.8. The number of amides is 1. The molecular formula is C8H8Cl2N2OS. The molecule has 14 heavy (non-hydrogen) atoms. The van der Waals surface area contributed by atoms with E-state index in [0.29, 0.717) is 10.0 Å². The van der Waals surface area contributed by atoms with Crippen molar-refractivity contribution in [1.29, 1.82) is 0 Å². The molecule has 0 heterocycles. The summed E-state index contributed by atoms with van der Waals surface area (Å²) in [5.41, 5.74) is 2.03. The molecule has 1 aromatic carbocycles. The van der Waals surface area contributed by atoms with Gasteiger partial charge in [0.15, 0.2) is 0 Å². The van der Waals surface area contributed by atoms with Crippen molar-refractivity contribution in [2.24, 2.45) is 5.84 Å². The van der Waals surface area contributed by atoms with Crippen LogP contribution in [0.1, 0.15) is 0 Å². The Bertz CT molecular complexity index is 346. The van der Waals surface area contributed by atoms with E-state index < -0.39 is 0 Å². The summed E-state index contributed by atoms with van der Waals surface area (Å²) in [7, 11) is 0. The monoisotopic (exact) mass is 250 g/mol. The minimum Gasteiger partial charge on any atom is -0.294 e. The highest BCUT2D eigenvalue weighted by Gasteiger charge is 2.06. The fourth-order valence-electron chi connectivity index (χ4n) is 0.780. The highest BCUT2D eigenvalue weighted by Crippen LogP contribution is 2.32. The average Bonchev–Trinajstić information content (AvgIpc) is 2.20. The first-order valence-electron chi connectivity index (χ1n) is 3.71. The first-order valence-corrected chi connectivity index (χ1v) is 5.45. The standard InChI is InChI=1S/C8H8Cl2N2OS/c9-5-2-1-3-6(8(5)10)14-4-7(13)12-11/h1-3H,4,11H2,(H,12,13). The summed E-state index contributed by atoms with van der Waals surface area (Å²) in [5, 5.41) is 0.939. The summed E-state index contributed by atoms with van der Waals surface area (Å²) >= 11 is 13.0. The average molecular weight is 251 g/mol. The van der Waals surface area contributed by atoms with Gasteiger partial charge in [0.2, 0.25) is 5.91 Å². The van der Waals surface area contributed by atoms with E-state index in [-0.39, 0.29) is 11.7 Å². The Morgan fingerprint density at radius 3 is 2.86 bits per heavy atom. The number of carbonyl (C=O) groups excluding carboxylic acids is 1. The van der Waals surface area contributed by atoms with Gasteiger partial charge < -0.3 is 0 Å². The molecule has 6 heteroatoms. The molecule has 0 bridgehead atoms. The zero-order valence-corrected chi connectivity index (χ0v) is 9.42. The van der Waals surface area contributed by atoms with E-state index in [1.165, 1.54) is 11.8 Å². The first-order chi connectivity index (χ1) is 6.65. The van der Waals surface area contributed by atoms with Gasteiger partial charge in [-0.2, -0.15) is 0 Å². The number of hydrazine groups is 1. The zero-order valence-electron chi connectivity index (χ0n) is 7.09. The molecule has 0 spiro atoms. The third-order valence-electron chi connectivity index (χ3n) is 1.44. The van der Waals surface area contributed by atoms with E-state index in [1.807, 2.05) is 5.43 Å². The summed E-state index contributed by atoms with van der Waals surface area (Å²) in [6.45, 7) is 0. The molecule has 0 aliphatic heterocycles. The molecule has 1 rings (SSSR count). The number of benzene rings is 1. The molecule has 1 aromatic rings. The van der Waals surface area contributed by atoms with Crippen molar-refractivity contribution in [3.05, 3.63) is 28.2 Å². The predicted molar refractivity (Wildman–Crippen MR) is 59.5 cm³/mol. The Kier molecular flexibility index (Phi) is 4.54. The predicted octanol–water partition coefficient (Wildman–Crippen LogP) is 2.08. The summed E-state index contributed by atoms with van der Waals surface area (Å²) in [4.78, 5) is 11.6. The van der Waals surface area contributed by atoms with E-state index in [9.17, 15) is 4.79 Å². The smallest absolute Gasteiger partial charge is 0.244 e. The third-order valence-corrected chi connectivity index (χ3v) is 3.42. The topological polar surface area (TPSA) is 55.1 Å². The summed E-state index contributed by atoms with van der Waals surface area (Å²) in [6.07, 6.45) is 0. The van der Waals surface area contributed by atoms with Crippen LogP contribution in [0.15, 0.2) is 23.1 Å². The van der Waals surface area contributed by atoms with Crippen molar-refractivity contribution in [3.8, 4) is 0 Å². The van der Waals surface area contributed by atoms with Crippen molar-refractivity contribution < 1.29 is 4.79 Å². The normalized spacial score (nSPS) is 9.93. The van der Waals surface area contributed by atoms with E-state index in [4.69, 9.17) is 29.0 Å². The van der Waals surface area contributed by atoms with Crippen LogP contribution in [0.25, 0.3) is 0 Å². The van der Waals surface area contributed by atoms with Crippen LogP contribution in [0.5, 0.6) is 0 Å². The van der Waals surface area contributed by atoms with Crippen LogP contribution >= 0.6 is 35.0 Å². The molecule has 76 valence electrons. The second-order valence-corrected chi connectivity index (χ2v) is 4.21. The fourth-order valence-corrected chi connectivity index (χ4v) is 2.08. The van der Waals surface area contributed by atoms with Crippen LogP contribution in [0.2, 0.25) is 10.0 Å². The molecule has 0 saturated carbocycles. The third kappa shape index (κ3) is 3.06. The molecule has 0 fully saturated rings. The van der Waals surface area contributed by atoms with Crippen LogP contribution in [0.4, 0.5) is 0 Å². The highest BCUT2D eigenvalue weighted by molar-refractivity contribution is 8.00. The van der Waals surface area contributed by atoms with Crippen LogP contribution in [-0.2, 0) is 4.79 Å². The number of halogens is 2. The first kappa shape index (κ1) is 11.7. The molecule has 0 saturated heterocycles. The molecular weight excluding hydrogens is 243 g/mol. The largest absolute Gasteiger partial charge is 0.294 e. The Balaban J connectivity index is 2.68. The molecule has 0 aliphatic rings. The highest BCUT2D eigenvalue weighted by atomic mass is 35.5. The molecule has 1 amide bonds. The van der Waals surface area contributed by atoms with Gasteiger partial charge in [0, 0.05) is 4.90 Å². The molecule has 0 atom stereocenters. The number of hydrogen-bond donors (Lipinski definition) is 2. The quantitative estimate of drug-likeness (QED) is 0.374. The van der Waals surface area contributed by atoms with Crippen LogP contribution in [0.3, 0.4) is 0 Å². The van der Waals surface area contributed by atoms with Crippen molar-refractivity contribution in [2.45, 2.75) is 4.90 Å². The van der Waals surface area contributed by atoms with Crippen molar-refractivity contribution >= 4 is 40.9 Å². The Morgan fingerprint density at radius 1 is 1.50 bits per heavy atom. The van der Waals surface area contributed by atoms with E-state index in [0.717, 1.165) is 4.90 Å². The molecule has 3 N–H and O–H groups in total. The summed E-state index contributed by atoms with van der Waals surface area (Å²) in [6, 6.07) is 5.26. The van der Waals surface area contributed by atoms with Gasteiger partial charge in [-0.1, -0.05) is 29.3 Å². The lowest BCUT2D eigenvalue weighted by molar-refractivity contribution is -0.118. The number of carbonyl (C=O) groups is 1. The van der Waals surface area contributed by atoms with Gasteiger partial charge in [-0.3, -0.25) is 10.2 Å². The molecule has 3 nitrogen and oxygen atoms in total. The van der Waals surface area contributed by atoms with Gasteiger partial charge in [0.05, 0.1) is 15.8 Å². The molecule has 0 aromatic heterocycles. The van der Waals surface area contributed by atoms with Gasteiger partial charge >= 0.3 is 0 Å². The zero-order chi connectivity index (χ0) is 10.6. The van der Waals surface area contributed by atoms with Crippen LogP contribution in [0, 0.1) is 0 Å². The Labute approximate surface area is 95.9 Å². The molecule has 0 aliphatic carbocycles. The van der Waals surface area contributed by atoms with Gasteiger partial charge in [0.25, 0.3) is 0 Å². The molecule has 0 unspecified atom stereocenters. The second-order valence-electron chi connectivity index (χ2n) is 2.41.